The fourth-order valence-electron chi connectivity index (χ4n) is 1.98. The first-order chi connectivity index (χ1) is 8.96. The number of hydrogen-bond donors (Lipinski definition) is 2. The third-order valence-electron chi connectivity index (χ3n) is 3.37. The van der Waals surface area contributed by atoms with Crippen LogP contribution in [0.4, 0.5) is 6.01 Å². The predicted molar refractivity (Wildman–Crippen MR) is 75.9 cm³/mol. The summed E-state index contributed by atoms with van der Waals surface area (Å²) in [6.45, 7) is 9.15. The second-order valence-electron chi connectivity index (χ2n) is 6.53. The topological polar surface area (TPSA) is 63.0 Å². The van der Waals surface area contributed by atoms with Crippen molar-refractivity contribution in [3.63, 3.8) is 0 Å². The first-order valence-electron chi connectivity index (χ1n) is 7.30. The van der Waals surface area contributed by atoms with Crippen LogP contribution >= 0.6 is 0 Å². The molecule has 1 aliphatic carbocycles. The Balaban J connectivity index is 1.81. The summed E-state index contributed by atoms with van der Waals surface area (Å²) in [5.41, 5.74) is 0.0555. The van der Waals surface area contributed by atoms with E-state index < -0.39 is 0 Å². The molecule has 0 aliphatic heterocycles. The fourth-order valence-corrected chi connectivity index (χ4v) is 1.98. The molecule has 1 unspecified atom stereocenters. The molecule has 2 N–H and O–H groups in total. The Bertz CT molecular complexity index is 392. The Hall–Kier alpha value is -1.10. The Kier molecular flexibility index (Phi) is 4.45. The van der Waals surface area contributed by atoms with Crippen LogP contribution in [0.15, 0.2) is 4.42 Å². The summed E-state index contributed by atoms with van der Waals surface area (Å²) in [4.78, 5) is 0. The number of nitrogens with one attached hydrogen (secondary N) is 2. The lowest BCUT2D eigenvalue weighted by molar-refractivity contribution is 0.382. The van der Waals surface area contributed by atoms with Crippen LogP contribution in [0.5, 0.6) is 0 Å². The molecule has 5 heteroatoms. The van der Waals surface area contributed by atoms with Gasteiger partial charge in [-0.1, -0.05) is 24.9 Å². The van der Waals surface area contributed by atoms with Crippen LogP contribution in [0.2, 0.25) is 0 Å². The normalized spacial score (nSPS) is 17.5. The maximum Gasteiger partial charge on any atom is 0.315 e. The van der Waals surface area contributed by atoms with Gasteiger partial charge in [-0.15, -0.1) is 5.10 Å². The molecule has 1 heterocycles. The molecule has 0 radical (unpaired) electrons. The minimum atomic E-state index is 0.0555. The average molecular weight is 266 g/mol. The van der Waals surface area contributed by atoms with Gasteiger partial charge in [-0.25, -0.2) is 0 Å². The van der Waals surface area contributed by atoms with Gasteiger partial charge in [-0.3, -0.25) is 0 Å². The lowest BCUT2D eigenvalue weighted by atomic mass is 10.1. The van der Waals surface area contributed by atoms with E-state index in [4.69, 9.17) is 4.42 Å². The maximum absolute atomic E-state index is 5.62. The summed E-state index contributed by atoms with van der Waals surface area (Å²) < 4.78 is 5.62. The molecule has 0 amide bonds. The highest BCUT2D eigenvalue weighted by atomic mass is 16.4. The molecule has 19 heavy (non-hydrogen) atoms. The number of nitrogens with zero attached hydrogens (tertiary/aromatic N) is 2. The Morgan fingerprint density at radius 1 is 1.32 bits per heavy atom. The molecule has 5 nitrogen and oxygen atoms in total. The van der Waals surface area contributed by atoms with Crippen molar-refractivity contribution in [2.45, 2.75) is 71.5 Å². The van der Waals surface area contributed by atoms with Gasteiger partial charge in [0.15, 0.2) is 0 Å². The zero-order valence-electron chi connectivity index (χ0n) is 12.5. The van der Waals surface area contributed by atoms with Gasteiger partial charge in [-0.05, 0) is 39.5 Å². The SMILES string of the molecule is CCC(CC1CC1)Nc1nnc(CNC(C)(C)C)o1. The lowest BCUT2D eigenvalue weighted by Gasteiger charge is -2.18. The molecular formula is C14H26N4O. The van der Waals surface area contributed by atoms with E-state index in [1.165, 1.54) is 19.3 Å². The smallest absolute Gasteiger partial charge is 0.315 e. The molecule has 2 rings (SSSR count). The van der Waals surface area contributed by atoms with E-state index in [1.54, 1.807) is 0 Å². The van der Waals surface area contributed by atoms with Crippen LogP contribution in [-0.4, -0.2) is 21.8 Å². The molecule has 1 atom stereocenters. The molecule has 0 bridgehead atoms. The minimum Gasteiger partial charge on any atom is -0.407 e. The van der Waals surface area contributed by atoms with Crippen molar-refractivity contribution in [1.29, 1.82) is 0 Å². The number of anilines is 1. The Morgan fingerprint density at radius 2 is 2.05 bits per heavy atom. The molecule has 0 saturated heterocycles. The number of rotatable bonds is 7. The van der Waals surface area contributed by atoms with Gasteiger partial charge in [0.05, 0.1) is 6.54 Å². The molecule has 1 fully saturated rings. The summed E-state index contributed by atoms with van der Waals surface area (Å²) in [6.07, 6.45) is 5.06. The monoisotopic (exact) mass is 266 g/mol. The predicted octanol–water partition coefficient (Wildman–Crippen LogP) is 2.95. The molecule has 108 valence electrons. The van der Waals surface area contributed by atoms with E-state index in [0.717, 1.165) is 12.3 Å². The van der Waals surface area contributed by atoms with E-state index >= 15 is 0 Å². The van der Waals surface area contributed by atoms with Crippen LogP contribution in [0.3, 0.4) is 0 Å². The van der Waals surface area contributed by atoms with Crippen molar-refractivity contribution in [3.8, 4) is 0 Å². The third kappa shape index (κ3) is 5.19. The van der Waals surface area contributed by atoms with Crippen LogP contribution in [-0.2, 0) is 6.54 Å². The second kappa shape index (κ2) is 5.90. The summed E-state index contributed by atoms with van der Waals surface area (Å²) in [7, 11) is 0. The zero-order chi connectivity index (χ0) is 13.9. The van der Waals surface area contributed by atoms with Crippen molar-refractivity contribution < 1.29 is 4.42 Å². The van der Waals surface area contributed by atoms with Gasteiger partial charge in [0.1, 0.15) is 0 Å². The largest absolute Gasteiger partial charge is 0.407 e. The lowest BCUT2D eigenvalue weighted by Crippen LogP contribution is -2.35. The minimum absolute atomic E-state index is 0.0555. The Morgan fingerprint density at radius 3 is 2.63 bits per heavy atom. The van der Waals surface area contributed by atoms with E-state index in [2.05, 4.69) is 48.5 Å². The van der Waals surface area contributed by atoms with Gasteiger partial charge >= 0.3 is 6.01 Å². The number of hydrogen-bond acceptors (Lipinski definition) is 5. The van der Waals surface area contributed by atoms with Crippen molar-refractivity contribution >= 4 is 6.01 Å². The van der Waals surface area contributed by atoms with E-state index in [0.29, 0.717) is 24.5 Å². The zero-order valence-corrected chi connectivity index (χ0v) is 12.5. The van der Waals surface area contributed by atoms with Crippen molar-refractivity contribution in [2.24, 2.45) is 5.92 Å². The van der Waals surface area contributed by atoms with E-state index in [-0.39, 0.29) is 5.54 Å². The van der Waals surface area contributed by atoms with Gasteiger partial charge < -0.3 is 15.1 Å². The third-order valence-corrected chi connectivity index (χ3v) is 3.37. The highest BCUT2D eigenvalue weighted by molar-refractivity contribution is 5.19. The summed E-state index contributed by atoms with van der Waals surface area (Å²) in [6, 6.07) is 1.01. The average Bonchev–Trinajstić information content (AvgIpc) is 3.03. The Labute approximate surface area is 115 Å². The molecule has 1 aromatic heterocycles. The van der Waals surface area contributed by atoms with Crippen molar-refractivity contribution in [3.05, 3.63) is 5.89 Å². The molecule has 1 aliphatic rings. The van der Waals surface area contributed by atoms with Gasteiger partial charge in [0.2, 0.25) is 5.89 Å². The first kappa shape index (κ1) is 14.3. The standard InChI is InChI=1S/C14H26N4O/c1-5-11(8-10-6-7-10)16-13-18-17-12(19-13)9-15-14(2,3)4/h10-11,15H,5-9H2,1-4H3,(H,16,18). The van der Waals surface area contributed by atoms with Crippen LogP contribution in [0.1, 0.15) is 59.3 Å². The van der Waals surface area contributed by atoms with Crippen molar-refractivity contribution in [1.82, 2.24) is 15.5 Å². The van der Waals surface area contributed by atoms with E-state index in [9.17, 15) is 0 Å². The van der Waals surface area contributed by atoms with Gasteiger partial charge in [0.25, 0.3) is 0 Å². The van der Waals surface area contributed by atoms with Gasteiger partial charge in [-0.2, -0.15) is 0 Å². The maximum atomic E-state index is 5.62. The van der Waals surface area contributed by atoms with Gasteiger partial charge in [0, 0.05) is 11.6 Å². The van der Waals surface area contributed by atoms with Crippen molar-refractivity contribution in [2.75, 3.05) is 5.32 Å². The summed E-state index contributed by atoms with van der Waals surface area (Å²) in [5.74, 6) is 1.54. The summed E-state index contributed by atoms with van der Waals surface area (Å²) >= 11 is 0. The number of aromatic nitrogens is 2. The van der Waals surface area contributed by atoms with Crippen LogP contribution < -0.4 is 10.6 Å². The molecule has 1 aromatic rings. The highest BCUT2D eigenvalue weighted by Gasteiger charge is 2.25. The molecule has 1 saturated carbocycles. The van der Waals surface area contributed by atoms with E-state index in [1.807, 2.05) is 0 Å². The molecule has 0 spiro atoms. The quantitative estimate of drug-likeness (QED) is 0.794. The van der Waals surface area contributed by atoms with Crippen LogP contribution in [0.25, 0.3) is 0 Å². The fraction of sp³-hybridized carbons (Fsp3) is 0.857. The molecule has 0 aromatic carbocycles. The van der Waals surface area contributed by atoms with Crippen LogP contribution in [0, 0.1) is 5.92 Å². The summed E-state index contributed by atoms with van der Waals surface area (Å²) in [5, 5.41) is 14.8. The highest BCUT2D eigenvalue weighted by Crippen LogP contribution is 2.34. The second-order valence-corrected chi connectivity index (χ2v) is 6.53. The first-order valence-corrected chi connectivity index (χ1v) is 7.30. The molecular weight excluding hydrogens is 240 g/mol.